The Bertz CT molecular complexity index is 516. The fraction of sp³-hybridized carbons (Fsp3) is 0.300. The van der Waals surface area contributed by atoms with E-state index in [1.54, 1.807) is 31.3 Å². The van der Waals surface area contributed by atoms with Crippen molar-refractivity contribution >= 4 is 17.4 Å². The van der Waals surface area contributed by atoms with E-state index in [9.17, 15) is 8.78 Å². The van der Waals surface area contributed by atoms with Gasteiger partial charge in [0, 0.05) is 10.6 Å². The van der Waals surface area contributed by atoms with Crippen LogP contribution in [0.15, 0.2) is 29.2 Å². The highest BCUT2D eigenvalue weighted by Crippen LogP contribution is 2.31. The predicted molar refractivity (Wildman–Crippen MR) is 64.4 cm³/mol. The summed E-state index contributed by atoms with van der Waals surface area (Å²) >= 11 is 0.508. The molecule has 0 fully saturated rings. The van der Waals surface area contributed by atoms with Gasteiger partial charge in [0.2, 0.25) is 0 Å². The molecule has 0 spiro atoms. The Hall–Kier alpha value is -1.70. The highest BCUT2D eigenvalue weighted by atomic mass is 32.2. The number of halogens is 2. The maximum atomic E-state index is 12.4. The molecule has 0 atom stereocenters. The van der Waals surface area contributed by atoms with E-state index in [1.165, 1.54) is 4.80 Å². The van der Waals surface area contributed by atoms with Crippen LogP contribution in [0.4, 0.5) is 14.5 Å². The summed E-state index contributed by atoms with van der Waals surface area (Å²) in [5.74, 6) is -1.93. The number of nitrogens with one attached hydrogen (secondary N) is 1. The van der Waals surface area contributed by atoms with Gasteiger partial charge in [-0.2, -0.15) is 13.6 Å². The summed E-state index contributed by atoms with van der Waals surface area (Å²) in [6, 6.07) is 6.88. The van der Waals surface area contributed by atoms with E-state index in [1.807, 2.05) is 0 Å². The van der Waals surface area contributed by atoms with Crippen LogP contribution in [0.1, 0.15) is 5.82 Å². The summed E-state index contributed by atoms with van der Waals surface area (Å²) in [7, 11) is 1.66. The third-order valence-corrected chi connectivity index (χ3v) is 2.88. The van der Waals surface area contributed by atoms with E-state index < -0.39 is 5.76 Å². The van der Waals surface area contributed by atoms with Crippen LogP contribution in [0.3, 0.4) is 0 Å². The summed E-state index contributed by atoms with van der Waals surface area (Å²) in [6.45, 7) is 0.342. The van der Waals surface area contributed by atoms with Crippen molar-refractivity contribution in [3.63, 3.8) is 0 Å². The number of benzene rings is 1. The largest absolute Gasteiger partial charge is 0.377 e. The molecular formula is C10H11F2N5S. The molecule has 0 amide bonds. The first-order valence-corrected chi connectivity index (χ1v) is 6.03. The zero-order chi connectivity index (χ0) is 13.0. The monoisotopic (exact) mass is 271 g/mol. The summed E-state index contributed by atoms with van der Waals surface area (Å²) in [5, 5.41) is 14.5. The summed E-state index contributed by atoms with van der Waals surface area (Å²) in [6.07, 6.45) is 0. The SMILES string of the molecule is Cn1nnc(CNc2ccccc2SC(F)F)n1. The molecule has 8 heteroatoms. The van der Waals surface area contributed by atoms with Crippen molar-refractivity contribution in [3.05, 3.63) is 30.1 Å². The molecule has 2 rings (SSSR count). The fourth-order valence-corrected chi connectivity index (χ4v) is 2.00. The van der Waals surface area contributed by atoms with Gasteiger partial charge in [0.1, 0.15) is 0 Å². The van der Waals surface area contributed by atoms with Crippen LogP contribution in [-0.2, 0) is 13.6 Å². The van der Waals surface area contributed by atoms with Gasteiger partial charge in [0.15, 0.2) is 5.82 Å². The van der Waals surface area contributed by atoms with Crippen molar-refractivity contribution in [2.75, 3.05) is 5.32 Å². The molecular weight excluding hydrogens is 260 g/mol. The maximum Gasteiger partial charge on any atom is 0.288 e. The number of nitrogens with zero attached hydrogens (tertiary/aromatic N) is 4. The first-order valence-electron chi connectivity index (χ1n) is 5.16. The lowest BCUT2D eigenvalue weighted by Gasteiger charge is -2.09. The highest BCUT2D eigenvalue weighted by molar-refractivity contribution is 7.99. The van der Waals surface area contributed by atoms with Crippen molar-refractivity contribution < 1.29 is 8.78 Å². The lowest BCUT2D eigenvalue weighted by molar-refractivity contribution is 0.252. The van der Waals surface area contributed by atoms with Gasteiger partial charge in [-0.15, -0.1) is 10.2 Å². The standard InChI is InChI=1S/C10H11F2N5S/c1-17-15-9(14-16-17)6-13-7-4-2-3-5-8(7)18-10(11)12/h2-5,10,13H,6H2,1H3. The van der Waals surface area contributed by atoms with E-state index in [-0.39, 0.29) is 0 Å². The minimum atomic E-state index is -2.44. The van der Waals surface area contributed by atoms with Gasteiger partial charge in [-0.1, -0.05) is 23.9 Å². The maximum absolute atomic E-state index is 12.4. The molecule has 1 N–H and O–H groups in total. The van der Waals surface area contributed by atoms with Crippen LogP contribution < -0.4 is 5.32 Å². The van der Waals surface area contributed by atoms with Crippen LogP contribution in [0.25, 0.3) is 0 Å². The van der Waals surface area contributed by atoms with E-state index in [0.717, 1.165) is 0 Å². The molecule has 1 aromatic heterocycles. The molecule has 96 valence electrons. The Morgan fingerprint density at radius 1 is 1.39 bits per heavy atom. The van der Waals surface area contributed by atoms with Gasteiger partial charge < -0.3 is 5.32 Å². The third kappa shape index (κ3) is 3.39. The van der Waals surface area contributed by atoms with E-state index in [4.69, 9.17) is 0 Å². The molecule has 1 aromatic carbocycles. The third-order valence-electron chi connectivity index (χ3n) is 2.09. The molecule has 0 aliphatic carbocycles. The molecule has 0 radical (unpaired) electrons. The van der Waals surface area contributed by atoms with Crippen LogP contribution in [-0.4, -0.2) is 26.0 Å². The summed E-state index contributed by atoms with van der Waals surface area (Å²) < 4.78 is 24.7. The van der Waals surface area contributed by atoms with Gasteiger partial charge in [0.25, 0.3) is 5.76 Å². The van der Waals surface area contributed by atoms with Crippen LogP contribution in [0, 0.1) is 0 Å². The molecule has 18 heavy (non-hydrogen) atoms. The molecule has 0 unspecified atom stereocenters. The zero-order valence-electron chi connectivity index (χ0n) is 9.55. The van der Waals surface area contributed by atoms with E-state index >= 15 is 0 Å². The van der Waals surface area contributed by atoms with Gasteiger partial charge in [-0.25, -0.2) is 0 Å². The van der Waals surface area contributed by atoms with Crippen molar-refractivity contribution in [2.24, 2.45) is 7.05 Å². The normalized spacial score (nSPS) is 10.9. The van der Waals surface area contributed by atoms with Gasteiger partial charge in [-0.05, 0) is 17.3 Å². The molecule has 1 heterocycles. The number of tetrazole rings is 1. The molecule has 0 saturated heterocycles. The first-order chi connectivity index (χ1) is 8.65. The van der Waals surface area contributed by atoms with E-state index in [2.05, 4.69) is 20.7 Å². The second kappa shape index (κ2) is 5.76. The van der Waals surface area contributed by atoms with Crippen LogP contribution in [0.5, 0.6) is 0 Å². The van der Waals surface area contributed by atoms with Crippen LogP contribution >= 0.6 is 11.8 Å². The van der Waals surface area contributed by atoms with Crippen LogP contribution in [0.2, 0.25) is 0 Å². The smallest absolute Gasteiger partial charge is 0.288 e. The summed E-state index contributed by atoms with van der Waals surface area (Å²) in [4.78, 5) is 1.84. The second-order valence-corrected chi connectivity index (χ2v) is 4.46. The Kier molecular flexibility index (Phi) is 4.08. The average molecular weight is 271 g/mol. The number of rotatable bonds is 5. The van der Waals surface area contributed by atoms with Crippen molar-refractivity contribution in [3.8, 4) is 0 Å². The molecule has 0 aliphatic heterocycles. The molecule has 0 aliphatic rings. The first kappa shape index (κ1) is 12.7. The lowest BCUT2D eigenvalue weighted by Crippen LogP contribution is -2.03. The number of alkyl halides is 2. The summed E-state index contributed by atoms with van der Waals surface area (Å²) in [5.41, 5.74) is 0.634. The van der Waals surface area contributed by atoms with Gasteiger partial charge in [0.05, 0.1) is 13.6 Å². The number of aryl methyl sites for hydroxylation is 1. The Morgan fingerprint density at radius 3 is 2.83 bits per heavy atom. The number of anilines is 1. The minimum Gasteiger partial charge on any atom is -0.377 e. The molecule has 0 saturated carbocycles. The number of aromatic nitrogens is 4. The fourth-order valence-electron chi connectivity index (χ4n) is 1.38. The van der Waals surface area contributed by atoms with Crippen molar-refractivity contribution in [2.45, 2.75) is 17.2 Å². The predicted octanol–water partition coefficient (Wildman–Crippen LogP) is 2.14. The molecule has 2 aromatic rings. The quantitative estimate of drug-likeness (QED) is 0.844. The zero-order valence-corrected chi connectivity index (χ0v) is 10.4. The topological polar surface area (TPSA) is 55.6 Å². The molecule has 0 bridgehead atoms. The Balaban J connectivity index is 2.04. The number of hydrogen-bond donors (Lipinski definition) is 1. The Morgan fingerprint density at radius 2 is 2.17 bits per heavy atom. The average Bonchev–Trinajstić information content (AvgIpc) is 2.73. The lowest BCUT2D eigenvalue weighted by atomic mass is 10.3. The van der Waals surface area contributed by atoms with Crippen molar-refractivity contribution in [1.29, 1.82) is 0 Å². The van der Waals surface area contributed by atoms with Gasteiger partial charge in [-0.3, -0.25) is 0 Å². The minimum absolute atomic E-state index is 0.342. The number of para-hydroxylation sites is 1. The second-order valence-electron chi connectivity index (χ2n) is 3.42. The van der Waals surface area contributed by atoms with Gasteiger partial charge >= 0.3 is 0 Å². The highest BCUT2D eigenvalue weighted by Gasteiger charge is 2.10. The van der Waals surface area contributed by atoms with Crippen molar-refractivity contribution in [1.82, 2.24) is 20.2 Å². The van der Waals surface area contributed by atoms with E-state index in [0.29, 0.717) is 34.7 Å². The molecule has 5 nitrogen and oxygen atoms in total. The number of hydrogen-bond acceptors (Lipinski definition) is 5. The Labute approximate surface area is 107 Å². The number of thioether (sulfide) groups is 1.